The van der Waals surface area contributed by atoms with E-state index in [-0.39, 0.29) is 0 Å². The normalized spacial score (nSPS) is 12.8. The van der Waals surface area contributed by atoms with Crippen LogP contribution in [0.5, 0.6) is 0 Å². The molecule has 0 atom stereocenters. The summed E-state index contributed by atoms with van der Waals surface area (Å²) in [6, 6.07) is 14.7. The molecule has 5 heterocycles. The summed E-state index contributed by atoms with van der Waals surface area (Å²) in [5, 5.41) is 17.1. The Labute approximate surface area is 197 Å². The first-order chi connectivity index (χ1) is 16.7. The third kappa shape index (κ3) is 3.62. The highest BCUT2D eigenvalue weighted by Gasteiger charge is 2.24. The fraction of sp³-hybridized carbons (Fsp3) is 0.231. The number of fused-ring (bicyclic) bond motifs is 2. The van der Waals surface area contributed by atoms with Crippen molar-refractivity contribution >= 4 is 16.7 Å². The molecule has 1 aliphatic rings. The van der Waals surface area contributed by atoms with Crippen molar-refractivity contribution in [2.75, 3.05) is 25.5 Å². The molecule has 0 bridgehead atoms. The van der Waals surface area contributed by atoms with Gasteiger partial charge in [-0.15, -0.1) is 0 Å². The van der Waals surface area contributed by atoms with Crippen LogP contribution in [0.3, 0.4) is 0 Å². The number of hydrogen-bond donors (Lipinski definition) is 2. The maximum atomic E-state index is 4.91. The molecule has 0 amide bonds. The number of rotatable bonds is 6. The zero-order valence-electron chi connectivity index (χ0n) is 19.3. The fourth-order valence-electron chi connectivity index (χ4n) is 4.52. The van der Waals surface area contributed by atoms with E-state index in [0.29, 0.717) is 0 Å². The van der Waals surface area contributed by atoms with E-state index < -0.39 is 0 Å². The first kappa shape index (κ1) is 20.6. The van der Waals surface area contributed by atoms with Crippen LogP contribution >= 0.6 is 0 Å². The molecule has 0 saturated carbocycles. The molecule has 2 N–H and O–H groups in total. The quantitative estimate of drug-likeness (QED) is 0.407. The third-order valence-corrected chi connectivity index (χ3v) is 6.23. The first-order valence-electron chi connectivity index (χ1n) is 11.6. The van der Waals surface area contributed by atoms with Crippen LogP contribution in [0, 0.1) is 6.92 Å². The number of nitrogens with one attached hydrogen (secondary N) is 2. The number of anilines is 1. The molecule has 6 rings (SSSR count). The lowest BCUT2D eigenvalue weighted by Crippen LogP contribution is -2.14. The van der Waals surface area contributed by atoms with Crippen molar-refractivity contribution in [3.8, 4) is 33.6 Å². The number of aryl methyl sites for hydroxylation is 1. The Morgan fingerprint density at radius 1 is 1.06 bits per heavy atom. The number of aromatic nitrogens is 6. The molecule has 0 fully saturated rings. The van der Waals surface area contributed by atoms with Gasteiger partial charge in [0.2, 0.25) is 0 Å². The molecule has 8 heteroatoms. The van der Waals surface area contributed by atoms with E-state index in [2.05, 4.69) is 46.2 Å². The zero-order chi connectivity index (χ0) is 23.1. The van der Waals surface area contributed by atoms with Gasteiger partial charge in [-0.05, 0) is 49.9 Å². The Balaban J connectivity index is 1.44. The summed E-state index contributed by atoms with van der Waals surface area (Å²) in [7, 11) is 1.95. The van der Waals surface area contributed by atoms with E-state index in [4.69, 9.17) is 15.1 Å². The molecule has 170 valence electrons. The highest BCUT2D eigenvalue weighted by atomic mass is 15.4. The van der Waals surface area contributed by atoms with Gasteiger partial charge in [-0.25, -0.2) is 4.68 Å². The number of benzene rings is 1. The Hall–Kier alpha value is -4.04. The summed E-state index contributed by atoms with van der Waals surface area (Å²) in [6.45, 7) is 5.45. The number of hydrogen-bond acceptors (Lipinski definition) is 6. The van der Waals surface area contributed by atoms with Crippen LogP contribution in [0.1, 0.15) is 5.69 Å². The van der Waals surface area contributed by atoms with E-state index in [9.17, 15) is 0 Å². The summed E-state index contributed by atoms with van der Waals surface area (Å²) in [5.74, 6) is 1.05. The summed E-state index contributed by atoms with van der Waals surface area (Å²) in [4.78, 5) is 9.47. The van der Waals surface area contributed by atoms with Crippen molar-refractivity contribution < 1.29 is 0 Å². The molecule has 34 heavy (non-hydrogen) atoms. The molecule has 1 aromatic carbocycles. The van der Waals surface area contributed by atoms with Crippen LogP contribution in [-0.2, 0) is 13.1 Å². The van der Waals surface area contributed by atoms with Gasteiger partial charge in [0.25, 0.3) is 0 Å². The molecule has 0 saturated heterocycles. The van der Waals surface area contributed by atoms with Crippen LogP contribution in [0.25, 0.3) is 44.5 Å². The van der Waals surface area contributed by atoms with Crippen molar-refractivity contribution in [3.05, 3.63) is 66.7 Å². The summed E-state index contributed by atoms with van der Waals surface area (Å²) in [6.07, 6.45) is 5.89. The molecular formula is C26H26N8. The maximum Gasteiger partial charge on any atom is 0.133 e. The zero-order valence-corrected chi connectivity index (χ0v) is 19.3. The SMILES string of the molecule is CNCCn1cc(-c2cnc3ccc(-c4c(-c5cccc(C)n5)nn5c4NCC5)cc3c2)cn1. The highest BCUT2D eigenvalue weighted by Crippen LogP contribution is 2.39. The Bertz CT molecular complexity index is 1500. The Morgan fingerprint density at radius 3 is 2.85 bits per heavy atom. The highest BCUT2D eigenvalue weighted by molar-refractivity contribution is 5.94. The van der Waals surface area contributed by atoms with Crippen LogP contribution in [0.4, 0.5) is 5.82 Å². The molecule has 5 aromatic rings. The van der Waals surface area contributed by atoms with Crippen molar-refractivity contribution in [1.29, 1.82) is 0 Å². The molecule has 4 aromatic heterocycles. The molecule has 1 aliphatic heterocycles. The molecule has 8 nitrogen and oxygen atoms in total. The van der Waals surface area contributed by atoms with Crippen LogP contribution in [-0.4, -0.2) is 49.7 Å². The van der Waals surface area contributed by atoms with Crippen molar-refractivity contribution in [1.82, 2.24) is 34.8 Å². The molecule has 0 radical (unpaired) electrons. The average Bonchev–Trinajstić information content (AvgIpc) is 3.58. The third-order valence-electron chi connectivity index (χ3n) is 6.23. The van der Waals surface area contributed by atoms with Crippen LogP contribution < -0.4 is 10.6 Å². The average molecular weight is 451 g/mol. The second kappa shape index (κ2) is 8.39. The second-order valence-electron chi connectivity index (χ2n) is 8.61. The van der Waals surface area contributed by atoms with Gasteiger partial charge in [-0.3, -0.25) is 14.6 Å². The van der Waals surface area contributed by atoms with Gasteiger partial charge in [-0.2, -0.15) is 10.2 Å². The van der Waals surface area contributed by atoms with E-state index >= 15 is 0 Å². The van der Waals surface area contributed by atoms with Gasteiger partial charge in [0, 0.05) is 47.7 Å². The number of pyridine rings is 2. The fourth-order valence-corrected chi connectivity index (χ4v) is 4.52. The number of likely N-dealkylation sites (N-methyl/N-ethyl adjacent to an activating group) is 1. The minimum atomic E-state index is 0.831. The molecule has 0 unspecified atom stereocenters. The van der Waals surface area contributed by atoms with E-state index in [1.807, 2.05) is 53.9 Å². The van der Waals surface area contributed by atoms with Crippen molar-refractivity contribution in [2.45, 2.75) is 20.0 Å². The Kier molecular flexibility index (Phi) is 5.07. The van der Waals surface area contributed by atoms with Gasteiger partial charge in [-0.1, -0.05) is 12.1 Å². The predicted molar refractivity (Wildman–Crippen MR) is 135 cm³/mol. The van der Waals surface area contributed by atoms with Gasteiger partial charge in [0.1, 0.15) is 11.5 Å². The van der Waals surface area contributed by atoms with Gasteiger partial charge in [0.15, 0.2) is 0 Å². The lowest BCUT2D eigenvalue weighted by atomic mass is 10.00. The predicted octanol–water partition coefficient (Wildman–Crippen LogP) is 3.98. The lowest BCUT2D eigenvalue weighted by molar-refractivity contribution is 0.585. The molecular weight excluding hydrogens is 424 g/mol. The smallest absolute Gasteiger partial charge is 0.133 e. The largest absolute Gasteiger partial charge is 0.368 e. The van der Waals surface area contributed by atoms with E-state index in [1.54, 1.807) is 0 Å². The van der Waals surface area contributed by atoms with E-state index in [0.717, 1.165) is 82.2 Å². The lowest BCUT2D eigenvalue weighted by Gasteiger charge is -2.08. The standard InChI is InChI=1S/C26H26N8/c1-17-4-3-5-23(31-17)25-24(26-28-9-11-34(26)32-25)18-6-7-22-19(12-18)13-20(14-29-22)21-15-30-33(16-21)10-8-27-2/h3-7,12-16,27-28H,8-11H2,1-2H3. The van der Waals surface area contributed by atoms with E-state index in [1.165, 1.54) is 0 Å². The first-order valence-corrected chi connectivity index (χ1v) is 11.6. The summed E-state index contributed by atoms with van der Waals surface area (Å²) in [5.41, 5.74) is 8.04. The minimum Gasteiger partial charge on any atom is -0.368 e. The minimum absolute atomic E-state index is 0.831. The maximum absolute atomic E-state index is 4.91. The second-order valence-corrected chi connectivity index (χ2v) is 8.61. The summed E-state index contributed by atoms with van der Waals surface area (Å²) < 4.78 is 4.00. The van der Waals surface area contributed by atoms with Gasteiger partial charge < -0.3 is 10.6 Å². The number of nitrogens with zero attached hydrogens (tertiary/aromatic N) is 6. The molecule has 0 spiro atoms. The monoisotopic (exact) mass is 450 g/mol. The van der Waals surface area contributed by atoms with Crippen molar-refractivity contribution in [2.24, 2.45) is 0 Å². The topological polar surface area (TPSA) is 85.5 Å². The van der Waals surface area contributed by atoms with Gasteiger partial charge in [0.05, 0.1) is 36.1 Å². The molecule has 0 aliphatic carbocycles. The van der Waals surface area contributed by atoms with Gasteiger partial charge >= 0.3 is 0 Å². The van der Waals surface area contributed by atoms with Crippen LogP contribution in [0.2, 0.25) is 0 Å². The summed E-state index contributed by atoms with van der Waals surface area (Å²) >= 11 is 0. The Morgan fingerprint density at radius 2 is 1.97 bits per heavy atom. The van der Waals surface area contributed by atoms with Crippen LogP contribution in [0.15, 0.2) is 61.1 Å². The van der Waals surface area contributed by atoms with Crippen molar-refractivity contribution in [3.63, 3.8) is 0 Å².